The molecule has 0 radical (unpaired) electrons. The Morgan fingerprint density at radius 2 is 1.75 bits per heavy atom. The van der Waals surface area contributed by atoms with E-state index in [1.165, 1.54) is 4.90 Å². The molecule has 4 aliphatic rings. The lowest BCUT2D eigenvalue weighted by Crippen LogP contribution is -2.59. The van der Waals surface area contributed by atoms with E-state index < -0.39 is 68.4 Å². The number of alkyl carbamates (subject to hydrolysis) is 1. The zero-order valence-electron chi connectivity index (χ0n) is 35.2. The molecule has 4 fully saturated rings. The van der Waals surface area contributed by atoms with Crippen LogP contribution in [0.2, 0.25) is 0 Å². The summed E-state index contributed by atoms with van der Waals surface area (Å²) in [4.78, 5) is 64.6. The SMILES string of the molecule is COc1ccc(-c2cc3cc(N(C)C)ccc3c(O[C@@H]3C[C@H]4C(=O)N[C@]5(C(=O)NS(=O)(=O)C6CC6)C[C@H]5CCCCCNC[C@H](NC(=O)OC(C)(C)C)C(=O)N4C3)n2)cc1. The van der Waals surface area contributed by atoms with Gasteiger partial charge >= 0.3 is 6.09 Å². The number of carbonyl (C=O) groups is 4. The third-order valence-electron chi connectivity index (χ3n) is 11.6. The summed E-state index contributed by atoms with van der Waals surface area (Å²) in [5.41, 5.74) is 0.142. The first-order valence-corrected chi connectivity index (χ1v) is 22.3. The number of ether oxygens (including phenoxy) is 3. The molecular formula is C43H57N7O9S. The zero-order valence-corrected chi connectivity index (χ0v) is 36.0. The first-order chi connectivity index (χ1) is 28.5. The van der Waals surface area contributed by atoms with E-state index >= 15 is 0 Å². The van der Waals surface area contributed by atoms with E-state index in [2.05, 4.69) is 20.7 Å². The molecule has 60 heavy (non-hydrogen) atoms. The van der Waals surface area contributed by atoms with Crippen LogP contribution in [0, 0.1) is 5.92 Å². The second-order valence-electron chi connectivity index (χ2n) is 17.6. The maximum Gasteiger partial charge on any atom is 0.408 e. The Morgan fingerprint density at radius 1 is 1.00 bits per heavy atom. The number of amides is 4. The fraction of sp³-hybridized carbons (Fsp3) is 0.558. The number of carbonyl (C=O) groups excluding carboxylic acids is 4. The van der Waals surface area contributed by atoms with Gasteiger partial charge in [-0.05, 0) is 119 Å². The summed E-state index contributed by atoms with van der Waals surface area (Å²) in [6.45, 7) is 5.76. The molecular weight excluding hydrogens is 791 g/mol. The molecule has 17 heteroatoms. The van der Waals surface area contributed by atoms with Crippen LogP contribution in [0.25, 0.3) is 22.0 Å². The number of methoxy groups -OCH3 is 1. The Balaban J connectivity index is 1.23. The average molecular weight is 848 g/mol. The minimum absolute atomic E-state index is 0.0264. The third kappa shape index (κ3) is 9.72. The fourth-order valence-electron chi connectivity index (χ4n) is 8.09. The van der Waals surface area contributed by atoms with Crippen molar-refractivity contribution < 1.29 is 41.8 Å². The lowest BCUT2D eigenvalue weighted by molar-refractivity contribution is -0.141. The van der Waals surface area contributed by atoms with Crippen LogP contribution < -0.4 is 35.0 Å². The number of benzene rings is 2. The van der Waals surface area contributed by atoms with E-state index in [4.69, 9.17) is 19.2 Å². The van der Waals surface area contributed by atoms with Crippen LogP contribution in [0.3, 0.4) is 0 Å². The van der Waals surface area contributed by atoms with Gasteiger partial charge in [-0.25, -0.2) is 18.2 Å². The molecule has 16 nitrogen and oxygen atoms in total. The Hall–Kier alpha value is -5.16. The standard InChI is InChI=1S/C43H57N7O9S/c1-42(2,3)59-41(54)46-35-24-44-19-9-7-8-10-28-23-43(28,40(53)48-60(55,56)32-16-17-32)47-37(51)36-22-31(25-50(36)39(35)52)58-38-33-18-13-29(49(4)5)20-27(33)21-34(45-38)26-11-14-30(57-6)15-12-26/h11-15,18,20-21,28,31-32,35-36,44H,7-10,16-17,19,22-25H2,1-6H3,(H,46,54)(H,47,51)(H,48,53)/t28-,31-,35+,36+,43-/m1/s1. The minimum atomic E-state index is -3.90. The normalized spacial score (nSPS) is 25.1. The molecule has 2 aliphatic heterocycles. The lowest BCUT2D eigenvalue weighted by atomic mass is 10.1. The highest BCUT2D eigenvalue weighted by Gasteiger charge is 2.62. The smallest absolute Gasteiger partial charge is 0.408 e. The summed E-state index contributed by atoms with van der Waals surface area (Å²) in [5, 5.41) is 9.92. The van der Waals surface area contributed by atoms with E-state index in [9.17, 15) is 27.6 Å². The number of aromatic nitrogens is 1. The van der Waals surface area contributed by atoms with Crippen LogP contribution in [-0.4, -0.2) is 118 Å². The lowest BCUT2D eigenvalue weighted by Gasteiger charge is -2.30. The van der Waals surface area contributed by atoms with Gasteiger partial charge in [0.05, 0.1) is 24.6 Å². The van der Waals surface area contributed by atoms with E-state index in [0.717, 1.165) is 41.3 Å². The molecule has 324 valence electrons. The Labute approximate surface area is 351 Å². The first kappa shape index (κ1) is 42.9. The molecule has 5 atom stereocenters. The highest BCUT2D eigenvalue weighted by molar-refractivity contribution is 7.91. The van der Waals surface area contributed by atoms with Crippen LogP contribution >= 0.6 is 0 Å². The fourth-order valence-corrected chi connectivity index (χ4v) is 9.45. The minimum Gasteiger partial charge on any atom is -0.497 e. The molecule has 2 aliphatic carbocycles. The topological polar surface area (TPSA) is 198 Å². The number of nitrogens with zero attached hydrogens (tertiary/aromatic N) is 3. The number of pyridine rings is 1. The van der Waals surface area contributed by atoms with Crippen LogP contribution in [0.5, 0.6) is 11.6 Å². The highest BCUT2D eigenvalue weighted by atomic mass is 32.2. The summed E-state index contributed by atoms with van der Waals surface area (Å²) >= 11 is 0. The number of fused-ring (bicyclic) bond motifs is 3. The van der Waals surface area contributed by atoms with E-state index in [1.54, 1.807) is 27.9 Å². The second-order valence-corrected chi connectivity index (χ2v) is 19.6. The zero-order chi connectivity index (χ0) is 43.0. The molecule has 4 amide bonds. The average Bonchev–Trinajstić information content (AvgIpc) is 4.12. The van der Waals surface area contributed by atoms with Crippen molar-refractivity contribution in [2.24, 2.45) is 5.92 Å². The Kier molecular flexibility index (Phi) is 12.2. The molecule has 3 aromatic rings. The van der Waals surface area contributed by atoms with Gasteiger partial charge in [0.15, 0.2) is 0 Å². The van der Waals surface area contributed by atoms with Crippen molar-refractivity contribution in [2.75, 3.05) is 45.7 Å². The first-order valence-electron chi connectivity index (χ1n) is 20.8. The predicted molar refractivity (Wildman–Crippen MR) is 226 cm³/mol. The maximum atomic E-state index is 14.7. The number of anilines is 1. The van der Waals surface area contributed by atoms with Crippen LogP contribution in [-0.2, 0) is 29.1 Å². The molecule has 7 rings (SSSR count). The Morgan fingerprint density at radius 3 is 2.43 bits per heavy atom. The van der Waals surface area contributed by atoms with Gasteiger partial charge in [-0.1, -0.05) is 12.8 Å². The number of rotatable bonds is 9. The van der Waals surface area contributed by atoms with Gasteiger partial charge in [0.1, 0.15) is 35.1 Å². The highest BCUT2D eigenvalue weighted by Crippen LogP contribution is 2.48. The van der Waals surface area contributed by atoms with Crippen molar-refractivity contribution in [3.63, 3.8) is 0 Å². The van der Waals surface area contributed by atoms with Crippen LogP contribution in [0.15, 0.2) is 48.5 Å². The number of sulfonamides is 1. The molecule has 2 saturated heterocycles. The predicted octanol–water partition coefficient (Wildman–Crippen LogP) is 3.86. The molecule has 3 heterocycles. The molecule has 2 saturated carbocycles. The molecule has 1 aromatic heterocycles. The van der Waals surface area contributed by atoms with Crippen molar-refractivity contribution in [3.8, 4) is 22.9 Å². The summed E-state index contributed by atoms with van der Waals surface area (Å²) in [6, 6.07) is 13.1. The quantitative estimate of drug-likeness (QED) is 0.243. The van der Waals surface area contributed by atoms with E-state index in [0.29, 0.717) is 43.1 Å². The summed E-state index contributed by atoms with van der Waals surface area (Å²) < 4.78 is 45.8. The van der Waals surface area contributed by atoms with Crippen molar-refractivity contribution in [2.45, 2.75) is 107 Å². The van der Waals surface area contributed by atoms with Crippen molar-refractivity contribution in [1.82, 2.24) is 30.6 Å². The summed E-state index contributed by atoms with van der Waals surface area (Å²) in [5.74, 6) is -1.20. The third-order valence-corrected chi connectivity index (χ3v) is 13.4. The van der Waals surface area contributed by atoms with E-state index in [1.807, 2.05) is 67.5 Å². The maximum absolute atomic E-state index is 14.7. The van der Waals surface area contributed by atoms with Gasteiger partial charge in [0.25, 0.3) is 5.91 Å². The van der Waals surface area contributed by atoms with Gasteiger partial charge in [0, 0.05) is 43.7 Å². The Bertz CT molecular complexity index is 2230. The molecule has 0 spiro atoms. The number of hydrogen-bond donors (Lipinski definition) is 4. The molecule has 0 bridgehead atoms. The summed E-state index contributed by atoms with van der Waals surface area (Å²) in [6.07, 6.45) is 2.64. The number of nitrogens with one attached hydrogen (secondary N) is 4. The van der Waals surface area contributed by atoms with Crippen molar-refractivity contribution >= 4 is 50.3 Å². The van der Waals surface area contributed by atoms with Gasteiger partial charge in [-0.3, -0.25) is 19.1 Å². The number of hydrogen-bond acceptors (Lipinski definition) is 12. The van der Waals surface area contributed by atoms with Crippen LogP contribution in [0.4, 0.5) is 10.5 Å². The largest absolute Gasteiger partial charge is 0.497 e. The van der Waals surface area contributed by atoms with Crippen molar-refractivity contribution in [1.29, 1.82) is 0 Å². The van der Waals surface area contributed by atoms with Gasteiger partial charge in [-0.2, -0.15) is 0 Å². The van der Waals surface area contributed by atoms with E-state index in [-0.39, 0.29) is 31.8 Å². The summed E-state index contributed by atoms with van der Waals surface area (Å²) in [7, 11) is 1.61. The van der Waals surface area contributed by atoms with Gasteiger partial charge < -0.3 is 40.0 Å². The molecule has 4 N–H and O–H groups in total. The van der Waals surface area contributed by atoms with Gasteiger partial charge in [0.2, 0.25) is 27.7 Å². The molecule has 0 unspecified atom stereocenters. The van der Waals surface area contributed by atoms with Crippen LogP contribution in [0.1, 0.15) is 72.1 Å². The monoisotopic (exact) mass is 847 g/mol. The molecule has 2 aromatic carbocycles. The second kappa shape index (κ2) is 17.1. The van der Waals surface area contributed by atoms with Gasteiger partial charge in [-0.15, -0.1) is 0 Å². The van der Waals surface area contributed by atoms with Crippen molar-refractivity contribution in [3.05, 3.63) is 48.5 Å².